The van der Waals surface area contributed by atoms with Crippen molar-refractivity contribution in [2.75, 3.05) is 13.2 Å². The highest BCUT2D eigenvalue weighted by atomic mass is 31.2. The standard InChI is InChI=1S/C52H101NO24P2/c1-3-5-7-9-11-13-15-17-19-21-23-25-27-29-34(54)33(53-36(55)30-28-26-24-22-20-18-16-14-12-10-8-6-4-2)31-72-78(68,69)77-51-47(66)43(62)42(61)46(65)50(51)75-52-48(67)38(57)37(56)35(74-52)32-73-79(70,71)76-49-44(63)40(59)39(58)41(60)45(49)64/h33-35,37-52,54,56-67H,3-32H2,1-2H3,(H,53,55)(H,68,69)(H,70,71)/t33-,34+,35+,37+,38?,39?,40+,41?,42?,43?,44?,45?,46+,47?,48?,49?,50?,51-,52+/m0/s1. The van der Waals surface area contributed by atoms with Gasteiger partial charge in [0.05, 0.1) is 25.4 Å². The van der Waals surface area contributed by atoms with Crippen LogP contribution in [0.15, 0.2) is 0 Å². The zero-order valence-corrected chi connectivity index (χ0v) is 48.2. The molecule has 27 heteroatoms. The summed E-state index contributed by atoms with van der Waals surface area (Å²) in [5, 5.41) is 140. The van der Waals surface area contributed by atoms with Crippen LogP contribution < -0.4 is 5.32 Å². The predicted octanol–water partition coefficient (Wildman–Crippen LogP) is 2.27. The molecule has 3 fully saturated rings. The number of phosphoric ester groups is 2. The Morgan fingerprint density at radius 1 is 0.456 bits per heavy atom. The lowest BCUT2D eigenvalue weighted by molar-refractivity contribution is -0.337. The summed E-state index contributed by atoms with van der Waals surface area (Å²) in [6.45, 7) is 2.36. The first-order valence-corrected chi connectivity index (χ1v) is 32.2. The van der Waals surface area contributed by atoms with E-state index in [1.165, 1.54) is 96.3 Å². The molecule has 0 aromatic heterocycles. The van der Waals surface area contributed by atoms with Gasteiger partial charge in [0.15, 0.2) is 6.29 Å². The lowest BCUT2D eigenvalue weighted by atomic mass is 9.84. The molecule has 13 unspecified atom stereocenters. The topological polar surface area (TPSA) is 422 Å². The number of nitrogens with one attached hydrogen (secondary N) is 1. The van der Waals surface area contributed by atoms with Crippen LogP contribution in [-0.2, 0) is 41.5 Å². The lowest BCUT2D eigenvalue weighted by Gasteiger charge is -2.47. The second-order valence-electron chi connectivity index (χ2n) is 22.0. The average molecular weight is 1190 g/mol. The molecule has 0 aromatic carbocycles. The van der Waals surface area contributed by atoms with Crippen molar-refractivity contribution in [1.82, 2.24) is 5.32 Å². The minimum absolute atomic E-state index is 0.107. The molecule has 0 bridgehead atoms. The van der Waals surface area contributed by atoms with Crippen LogP contribution in [-0.4, -0.2) is 211 Å². The second kappa shape index (κ2) is 38.2. The van der Waals surface area contributed by atoms with Crippen LogP contribution in [0.4, 0.5) is 0 Å². The van der Waals surface area contributed by atoms with Crippen LogP contribution in [0.1, 0.15) is 194 Å². The van der Waals surface area contributed by atoms with E-state index in [2.05, 4.69) is 19.2 Å². The number of unbranched alkanes of at least 4 members (excludes halogenated alkanes) is 24. The summed E-state index contributed by atoms with van der Waals surface area (Å²) in [6, 6.07) is -1.24. The Bertz CT molecular complexity index is 1720. The van der Waals surface area contributed by atoms with Crippen molar-refractivity contribution in [2.45, 2.75) is 310 Å². The van der Waals surface area contributed by atoms with Gasteiger partial charge in [-0.2, -0.15) is 0 Å². The largest absolute Gasteiger partial charge is 0.472 e. The fraction of sp³-hybridized carbons (Fsp3) is 0.981. The van der Waals surface area contributed by atoms with Crippen molar-refractivity contribution in [3.8, 4) is 0 Å². The summed E-state index contributed by atoms with van der Waals surface area (Å²) in [5.74, 6) is -0.440. The summed E-state index contributed by atoms with van der Waals surface area (Å²) >= 11 is 0. The van der Waals surface area contributed by atoms with Crippen molar-refractivity contribution in [3.63, 3.8) is 0 Å². The monoisotopic (exact) mass is 1190 g/mol. The van der Waals surface area contributed by atoms with Crippen molar-refractivity contribution in [1.29, 1.82) is 0 Å². The van der Waals surface area contributed by atoms with Crippen LogP contribution in [0.2, 0.25) is 0 Å². The van der Waals surface area contributed by atoms with E-state index in [1.54, 1.807) is 0 Å². The van der Waals surface area contributed by atoms with E-state index in [0.717, 1.165) is 57.8 Å². The van der Waals surface area contributed by atoms with Gasteiger partial charge in [-0.1, -0.05) is 174 Å². The Kier molecular flexibility index (Phi) is 35.0. The molecule has 21 atom stereocenters. The van der Waals surface area contributed by atoms with E-state index in [0.29, 0.717) is 12.8 Å². The molecule has 0 radical (unpaired) electrons. The zero-order valence-electron chi connectivity index (χ0n) is 46.5. The highest BCUT2D eigenvalue weighted by Crippen LogP contribution is 2.49. The number of ether oxygens (including phenoxy) is 2. The fourth-order valence-electron chi connectivity index (χ4n) is 10.2. The first-order chi connectivity index (χ1) is 37.5. The number of aliphatic hydroxyl groups excluding tert-OH is 13. The summed E-state index contributed by atoms with van der Waals surface area (Å²) in [7, 11) is -11.0. The lowest BCUT2D eigenvalue weighted by Crippen LogP contribution is -2.67. The maximum absolute atomic E-state index is 13.7. The second-order valence-corrected chi connectivity index (χ2v) is 24.8. The van der Waals surface area contributed by atoms with Gasteiger partial charge in [-0.25, -0.2) is 9.13 Å². The number of aliphatic hydroxyl groups is 13. The van der Waals surface area contributed by atoms with Gasteiger partial charge in [0.25, 0.3) is 0 Å². The number of carbonyl (C=O) groups excluding carboxylic acids is 1. The minimum Gasteiger partial charge on any atom is -0.391 e. The average Bonchev–Trinajstić information content (AvgIpc) is 3.48. The van der Waals surface area contributed by atoms with Gasteiger partial charge >= 0.3 is 15.6 Å². The first kappa shape index (κ1) is 72.3. The maximum atomic E-state index is 13.7. The third-order valence-electron chi connectivity index (χ3n) is 15.3. The molecule has 2 saturated carbocycles. The van der Waals surface area contributed by atoms with Crippen LogP contribution in [0.25, 0.3) is 0 Å². The highest BCUT2D eigenvalue weighted by Gasteiger charge is 2.56. The predicted molar refractivity (Wildman–Crippen MR) is 285 cm³/mol. The molecule has 2 aliphatic carbocycles. The van der Waals surface area contributed by atoms with E-state index in [9.17, 15) is 90.1 Å². The van der Waals surface area contributed by atoms with Crippen LogP contribution >= 0.6 is 15.6 Å². The molecular formula is C52H101NO24P2. The molecule has 1 saturated heterocycles. The molecule has 3 aliphatic rings. The molecule has 25 nitrogen and oxygen atoms in total. The molecule has 1 aliphatic heterocycles. The number of carbonyl (C=O) groups is 1. The molecule has 1 heterocycles. The number of rotatable bonds is 42. The Hall–Kier alpha value is -0.910. The van der Waals surface area contributed by atoms with E-state index in [1.807, 2.05) is 0 Å². The minimum atomic E-state index is -5.50. The summed E-state index contributed by atoms with van der Waals surface area (Å²) in [6.07, 6.45) is -10.1. The number of hydrogen-bond acceptors (Lipinski definition) is 22. The SMILES string of the molecule is CCCCCCCCCCCCCCCC(=O)N[C@@H](COP(=O)(O)O[C@H]1C(O)C(O)C(O)[C@@H](O)C1O[C@H]1O[C@H](COP(=O)(O)OC2C(O)C(O)C(O)[C@@H](O)C2O)[C@@H](O)C(O)C1O)[C@H](O)CCCCCCCCCCCCCCC. The van der Waals surface area contributed by atoms with Crippen LogP contribution in [0.5, 0.6) is 0 Å². The van der Waals surface area contributed by atoms with Gasteiger partial charge in [-0.15, -0.1) is 0 Å². The number of phosphoric acid groups is 2. The van der Waals surface area contributed by atoms with Crippen molar-refractivity contribution >= 4 is 21.6 Å². The molecule has 3 rings (SSSR count). The summed E-state index contributed by atoms with van der Waals surface area (Å²) in [5.41, 5.74) is 0. The van der Waals surface area contributed by atoms with E-state index < -0.39 is 151 Å². The quantitative estimate of drug-likeness (QED) is 0.0308. The summed E-state index contributed by atoms with van der Waals surface area (Å²) < 4.78 is 57.8. The Balaban J connectivity index is 1.65. The van der Waals surface area contributed by atoms with Gasteiger partial charge in [0.1, 0.15) is 97.7 Å². The zero-order chi connectivity index (χ0) is 58.7. The maximum Gasteiger partial charge on any atom is 0.472 e. The fourth-order valence-corrected chi connectivity index (χ4v) is 12.1. The Morgan fingerprint density at radius 2 is 0.810 bits per heavy atom. The van der Waals surface area contributed by atoms with Crippen LogP contribution in [0, 0.1) is 0 Å². The van der Waals surface area contributed by atoms with Gasteiger partial charge in [0, 0.05) is 6.42 Å². The Labute approximate surface area is 466 Å². The van der Waals surface area contributed by atoms with Crippen molar-refractivity contribution in [2.24, 2.45) is 0 Å². The van der Waals surface area contributed by atoms with Crippen molar-refractivity contribution in [3.05, 3.63) is 0 Å². The molecule has 468 valence electrons. The van der Waals surface area contributed by atoms with Crippen LogP contribution in [0.3, 0.4) is 0 Å². The normalized spacial score (nSPS) is 33.7. The van der Waals surface area contributed by atoms with Gasteiger partial charge in [0.2, 0.25) is 5.91 Å². The Morgan fingerprint density at radius 3 is 1.27 bits per heavy atom. The van der Waals surface area contributed by atoms with Gasteiger partial charge < -0.3 is 91.0 Å². The molecule has 79 heavy (non-hydrogen) atoms. The third kappa shape index (κ3) is 25.3. The highest BCUT2D eigenvalue weighted by molar-refractivity contribution is 7.47. The number of hydrogen-bond donors (Lipinski definition) is 16. The molecular weight excluding hydrogens is 1080 g/mol. The molecule has 0 spiro atoms. The smallest absolute Gasteiger partial charge is 0.391 e. The van der Waals surface area contributed by atoms with Gasteiger partial charge in [-0.3, -0.25) is 22.9 Å². The first-order valence-electron chi connectivity index (χ1n) is 29.2. The molecule has 1 amide bonds. The third-order valence-corrected chi connectivity index (χ3v) is 17.3. The summed E-state index contributed by atoms with van der Waals surface area (Å²) in [4.78, 5) is 34.7. The molecule has 0 aromatic rings. The van der Waals surface area contributed by atoms with E-state index in [4.69, 9.17) is 27.6 Å². The number of amides is 1. The van der Waals surface area contributed by atoms with Crippen molar-refractivity contribution < 1.29 is 118 Å². The molecule has 16 N–H and O–H groups in total. The van der Waals surface area contributed by atoms with E-state index in [-0.39, 0.29) is 12.8 Å². The van der Waals surface area contributed by atoms with E-state index >= 15 is 0 Å². The van der Waals surface area contributed by atoms with Gasteiger partial charge in [-0.05, 0) is 12.8 Å².